The first-order valence-corrected chi connectivity index (χ1v) is 7.88. The van der Waals surface area contributed by atoms with E-state index in [2.05, 4.69) is 17.4 Å². The Morgan fingerprint density at radius 3 is 2.57 bits per heavy atom. The van der Waals surface area contributed by atoms with Crippen molar-refractivity contribution >= 4 is 34.0 Å². The second-order valence-electron chi connectivity index (χ2n) is 5.58. The number of hydrogen-bond acceptors (Lipinski definition) is 3. The summed E-state index contributed by atoms with van der Waals surface area (Å²) in [6, 6.07) is 16.0. The van der Waals surface area contributed by atoms with E-state index in [9.17, 15) is 0 Å². The summed E-state index contributed by atoms with van der Waals surface area (Å²) in [6.45, 7) is 4.39. The van der Waals surface area contributed by atoms with E-state index in [-0.39, 0.29) is 0 Å². The normalized spacial score (nSPS) is 10.7. The highest BCUT2D eigenvalue weighted by Gasteiger charge is 2.16. The molecule has 0 aliphatic heterocycles. The number of fused-ring (bicyclic) bond motifs is 1. The Balaban J connectivity index is 2.09. The number of nitrogens with zero attached hydrogens (tertiary/aromatic N) is 1. The molecule has 4 heteroatoms. The number of aromatic nitrogens is 1. The average Bonchev–Trinajstić information content (AvgIpc) is 2.54. The molecule has 2 aromatic carbocycles. The first-order chi connectivity index (χ1) is 11.1. The predicted octanol–water partition coefficient (Wildman–Crippen LogP) is 5.20. The minimum Gasteiger partial charge on any atom is -0.365 e. The van der Waals surface area contributed by atoms with Gasteiger partial charge in [0.2, 0.25) is 0 Å². The summed E-state index contributed by atoms with van der Waals surface area (Å²) >= 11 is 6.57. The molecular formula is C19H18ClN3. The molecule has 0 aliphatic rings. The van der Waals surface area contributed by atoms with Gasteiger partial charge in [0.05, 0.1) is 16.1 Å². The zero-order valence-corrected chi connectivity index (χ0v) is 13.9. The molecule has 0 fully saturated rings. The van der Waals surface area contributed by atoms with Crippen molar-refractivity contribution in [2.45, 2.75) is 20.4 Å². The van der Waals surface area contributed by atoms with Crippen LogP contribution in [0.1, 0.15) is 23.6 Å². The molecule has 3 nitrogen and oxygen atoms in total. The van der Waals surface area contributed by atoms with Crippen LogP contribution < -0.4 is 5.32 Å². The van der Waals surface area contributed by atoms with Gasteiger partial charge in [0.1, 0.15) is 5.82 Å². The number of halogens is 1. The predicted molar refractivity (Wildman–Crippen MR) is 97.8 cm³/mol. The third kappa shape index (κ3) is 3.06. The molecule has 0 radical (unpaired) electrons. The van der Waals surface area contributed by atoms with Crippen LogP contribution in [0.3, 0.4) is 0 Å². The van der Waals surface area contributed by atoms with Crippen LogP contribution in [0.4, 0.5) is 5.82 Å². The van der Waals surface area contributed by atoms with Gasteiger partial charge in [-0.3, -0.25) is 0 Å². The lowest BCUT2D eigenvalue weighted by Gasteiger charge is -2.15. The molecule has 0 unspecified atom stereocenters. The summed E-state index contributed by atoms with van der Waals surface area (Å²) in [4.78, 5) is 4.74. The van der Waals surface area contributed by atoms with Crippen molar-refractivity contribution in [1.29, 1.82) is 5.41 Å². The van der Waals surface area contributed by atoms with Crippen molar-refractivity contribution in [3.8, 4) is 0 Å². The molecule has 1 heterocycles. The minimum atomic E-state index is 0.404. The van der Waals surface area contributed by atoms with Gasteiger partial charge in [-0.2, -0.15) is 0 Å². The first-order valence-electron chi connectivity index (χ1n) is 7.50. The van der Waals surface area contributed by atoms with Crippen LogP contribution in [0.2, 0.25) is 5.02 Å². The second-order valence-corrected chi connectivity index (χ2v) is 5.96. The Bertz CT molecular complexity index is 873. The van der Waals surface area contributed by atoms with E-state index >= 15 is 0 Å². The number of anilines is 1. The molecule has 0 aliphatic carbocycles. The van der Waals surface area contributed by atoms with Crippen LogP contribution in [0.15, 0.2) is 48.5 Å². The van der Waals surface area contributed by atoms with Gasteiger partial charge in [-0.1, -0.05) is 60.1 Å². The van der Waals surface area contributed by atoms with E-state index in [1.54, 1.807) is 6.92 Å². The molecule has 0 amide bonds. The molecule has 116 valence electrons. The van der Waals surface area contributed by atoms with Gasteiger partial charge in [-0.25, -0.2) is 4.98 Å². The van der Waals surface area contributed by atoms with Crippen LogP contribution >= 0.6 is 11.6 Å². The number of hydrogen-bond donors (Lipinski definition) is 2. The number of aryl methyl sites for hydroxylation is 1. The van der Waals surface area contributed by atoms with Crippen LogP contribution in [0.5, 0.6) is 0 Å². The maximum atomic E-state index is 8.06. The van der Waals surface area contributed by atoms with Crippen molar-refractivity contribution in [2.24, 2.45) is 0 Å². The van der Waals surface area contributed by atoms with Crippen molar-refractivity contribution < 1.29 is 0 Å². The number of para-hydroxylation sites is 1. The smallest absolute Gasteiger partial charge is 0.137 e. The highest BCUT2D eigenvalue weighted by Crippen LogP contribution is 2.32. The Morgan fingerprint density at radius 2 is 1.87 bits per heavy atom. The van der Waals surface area contributed by atoms with E-state index in [0.717, 1.165) is 22.0 Å². The van der Waals surface area contributed by atoms with Gasteiger partial charge >= 0.3 is 0 Å². The molecule has 0 spiro atoms. The van der Waals surface area contributed by atoms with Crippen LogP contribution in [0.25, 0.3) is 10.9 Å². The lowest BCUT2D eigenvalue weighted by molar-refractivity contribution is 1.12. The SMILES string of the molecule is CC(=N)c1c(NCc2ccccc2)nc2c(C)cccc2c1Cl. The number of benzene rings is 2. The van der Waals surface area contributed by atoms with Gasteiger partial charge < -0.3 is 10.7 Å². The fourth-order valence-electron chi connectivity index (χ4n) is 2.64. The average molecular weight is 324 g/mol. The lowest BCUT2D eigenvalue weighted by atomic mass is 10.1. The molecular weight excluding hydrogens is 306 g/mol. The second kappa shape index (κ2) is 6.39. The Morgan fingerprint density at radius 1 is 1.13 bits per heavy atom. The zero-order chi connectivity index (χ0) is 16.4. The zero-order valence-electron chi connectivity index (χ0n) is 13.2. The fraction of sp³-hybridized carbons (Fsp3) is 0.158. The molecule has 2 N–H and O–H groups in total. The van der Waals surface area contributed by atoms with Crippen molar-refractivity contribution in [3.05, 3.63) is 70.2 Å². The fourth-order valence-corrected chi connectivity index (χ4v) is 3.03. The number of nitrogens with one attached hydrogen (secondary N) is 2. The van der Waals surface area contributed by atoms with Gasteiger partial charge in [-0.15, -0.1) is 0 Å². The van der Waals surface area contributed by atoms with Crippen molar-refractivity contribution in [1.82, 2.24) is 4.98 Å². The van der Waals surface area contributed by atoms with Crippen LogP contribution in [-0.2, 0) is 6.54 Å². The summed E-state index contributed by atoms with van der Waals surface area (Å²) in [5, 5.41) is 12.9. The van der Waals surface area contributed by atoms with Crippen molar-refractivity contribution in [2.75, 3.05) is 5.32 Å². The van der Waals surface area contributed by atoms with Crippen LogP contribution in [-0.4, -0.2) is 10.7 Å². The Labute approximate surface area is 140 Å². The topological polar surface area (TPSA) is 48.8 Å². The van der Waals surface area contributed by atoms with E-state index < -0.39 is 0 Å². The maximum Gasteiger partial charge on any atom is 0.137 e. The van der Waals surface area contributed by atoms with Gasteiger partial charge in [-0.05, 0) is 25.0 Å². The molecule has 3 aromatic rings. The summed E-state index contributed by atoms with van der Waals surface area (Å²) < 4.78 is 0. The Hall–Kier alpha value is -2.39. The van der Waals surface area contributed by atoms with E-state index in [1.165, 1.54) is 0 Å². The minimum absolute atomic E-state index is 0.404. The molecule has 0 bridgehead atoms. The first kappa shape index (κ1) is 15.5. The lowest BCUT2D eigenvalue weighted by Crippen LogP contribution is -2.09. The van der Waals surface area contributed by atoms with E-state index in [0.29, 0.717) is 28.7 Å². The summed E-state index contributed by atoms with van der Waals surface area (Å²) in [6.07, 6.45) is 0. The molecule has 1 aromatic heterocycles. The van der Waals surface area contributed by atoms with E-state index in [4.69, 9.17) is 22.0 Å². The number of rotatable bonds is 4. The molecule has 3 rings (SSSR count). The third-order valence-corrected chi connectivity index (χ3v) is 4.22. The third-order valence-electron chi connectivity index (χ3n) is 3.83. The molecule has 0 atom stereocenters. The van der Waals surface area contributed by atoms with Gasteiger partial charge in [0.15, 0.2) is 0 Å². The van der Waals surface area contributed by atoms with E-state index in [1.807, 2.05) is 43.3 Å². The number of pyridine rings is 1. The standard InChI is InChI=1S/C19H18ClN3/c1-12-7-6-10-15-17(20)16(13(2)21)19(23-18(12)15)22-11-14-8-4-3-5-9-14/h3-10,21H,11H2,1-2H3,(H,22,23). The van der Waals surface area contributed by atoms with Crippen LogP contribution in [0, 0.1) is 12.3 Å². The highest BCUT2D eigenvalue weighted by molar-refractivity contribution is 6.39. The monoisotopic (exact) mass is 323 g/mol. The quantitative estimate of drug-likeness (QED) is 0.648. The largest absolute Gasteiger partial charge is 0.365 e. The van der Waals surface area contributed by atoms with Gasteiger partial charge in [0.25, 0.3) is 0 Å². The summed E-state index contributed by atoms with van der Waals surface area (Å²) in [7, 11) is 0. The maximum absolute atomic E-state index is 8.06. The molecule has 0 saturated heterocycles. The van der Waals surface area contributed by atoms with Gasteiger partial charge in [0, 0.05) is 17.6 Å². The Kier molecular flexibility index (Phi) is 4.30. The van der Waals surface area contributed by atoms with Crippen molar-refractivity contribution in [3.63, 3.8) is 0 Å². The highest BCUT2D eigenvalue weighted by atomic mass is 35.5. The molecule has 23 heavy (non-hydrogen) atoms. The summed E-state index contributed by atoms with van der Waals surface area (Å²) in [5.74, 6) is 0.660. The molecule has 0 saturated carbocycles. The summed E-state index contributed by atoms with van der Waals surface area (Å²) in [5.41, 5.74) is 4.17.